The fraction of sp³-hybridized carbons (Fsp3) is 1.00. The van der Waals surface area contributed by atoms with Crippen molar-refractivity contribution in [3.63, 3.8) is 0 Å². The first kappa shape index (κ1) is 15.0. The molecule has 0 aromatic heterocycles. The van der Waals surface area contributed by atoms with Crippen LogP contribution in [0, 0.1) is 5.92 Å². The summed E-state index contributed by atoms with van der Waals surface area (Å²) in [7, 11) is 0. The molecular formula is C15H32N2. The SMILES string of the molecule is CCC(C)CC(CC)NCCN(CC)C1CC1. The van der Waals surface area contributed by atoms with Crippen LogP contribution in [-0.4, -0.2) is 36.6 Å². The van der Waals surface area contributed by atoms with Crippen molar-refractivity contribution in [2.45, 2.75) is 71.9 Å². The lowest BCUT2D eigenvalue weighted by atomic mass is 9.98. The summed E-state index contributed by atoms with van der Waals surface area (Å²) in [6.07, 6.45) is 6.76. The Kier molecular flexibility index (Phi) is 7.14. The predicted molar refractivity (Wildman–Crippen MR) is 76.4 cm³/mol. The van der Waals surface area contributed by atoms with Crippen LogP contribution in [0.2, 0.25) is 0 Å². The topological polar surface area (TPSA) is 15.3 Å². The van der Waals surface area contributed by atoms with Gasteiger partial charge in [-0.15, -0.1) is 0 Å². The van der Waals surface area contributed by atoms with E-state index in [0.29, 0.717) is 0 Å². The first-order valence-electron chi connectivity index (χ1n) is 7.68. The summed E-state index contributed by atoms with van der Waals surface area (Å²) < 4.78 is 0. The number of hydrogen-bond acceptors (Lipinski definition) is 2. The largest absolute Gasteiger partial charge is 0.313 e. The van der Waals surface area contributed by atoms with Gasteiger partial charge in [0, 0.05) is 25.2 Å². The Labute approximate surface area is 108 Å². The molecule has 0 aromatic rings. The molecule has 2 unspecified atom stereocenters. The molecule has 0 amide bonds. The van der Waals surface area contributed by atoms with E-state index in [-0.39, 0.29) is 0 Å². The second kappa shape index (κ2) is 8.10. The van der Waals surface area contributed by atoms with Gasteiger partial charge in [-0.25, -0.2) is 0 Å². The minimum atomic E-state index is 0.725. The maximum Gasteiger partial charge on any atom is 0.0110 e. The number of likely N-dealkylation sites (N-methyl/N-ethyl adjacent to an activating group) is 1. The van der Waals surface area contributed by atoms with Gasteiger partial charge in [0.15, 0.2) is 0 Å². The third-order valence-electron chi connectivity index (χ3n) is 4.18. The maximum atomic E-state index is 3.74. The highest BCUT2D eigenvalue weighted by molar-refractivity contribution is 4.84. The normalized spacial score (nSPS) is 19.6. The molecule has 1 saturated carbocycles. The van der Waals surface area contributed by atoms with Gasteiger partial charge in [0.1, 0.15) is 0 Å². The molecule has 1 rings (SSSR count). The van der Waals surface area contributed by atoms with Gasteiger partial charge in [0.05, 0.1) is 0 Å². The van der Waals surface area contributed by atoms with Crippen molar-refractivity contribution < 1.29 is 0 Å². The van der Waals surface area contributed by atoms with Crippen molar-refractivity contribution in [3.05, 3.63) is 0 Å². The van der Waals surface area contributed by atoms with Gasteiger partial charge < -0.3 is 5.32 Å². The summed E-state index contributed by atoms with van der Waals surface area (Å²) in [5, 5.41) is 3.74. The summed E-state index contributed by atoms with van der Waals surface area (Å²) >= 11 is 0. The quantitative estimate of drug-likeness (QED) is 0.630. The Hall–Kier alpha value is -0.0800. The molecule has 102 valence electrons. The monoisotopic (exact) mass is 240 g/mol. The second-order valence-electron chi connectivity index (χ2n) is 5.67. The smallest absolute Gasteiger partial charge is 0.0110 e. The third-order valence-corrected chi connectivity index (χ3v) is 4.18. The zero-order valence-electron chi connectivity index (χ0n) is 12.3. The standard InChI is InChI=1S/C15H32N2/c1-5-13(4)12-14(6-2)16-10-11-17(7-3)15-8-9-15/h13-16H,5-12H2,1-4H3. The molecule has 1 N–H and O–H groups in total. The van der Waals surface area contributed by atoms with Gasteiger partial charge in [-0.3, -0.25) is 4.90 Å². The highest BCUT2D eigenvalue weighted by Gasteiger charge is 2.27. The minimum absolute atomic E-state index is 0.725. The van der Waals surface area contributed by atoms with Crippen molar-refractivity contribution in [1.29, 1.82) is 0 Å². The van der Waals surface area contributed by atoms with E-state index in [9.17, 15) is 0 Å². The summed E-state index contributed by atoms with van der Waals surface area (Å²) in [6, 6.07) is 1.64. The summed E-state index contributed by atoms with van der Waals surface area (Å²) in [5.41, 5.74) is 0. The molecule has 0 spiro atoms. The summed E-state index contributed by atoms with van der Waals surface area (Å²) in [6.45, 7) is 12.9. The van der Waals surface area contributed by atoms with Crippen LogP contribution >= 0.6 is 0 Å². The van der Waals surface area contributed by atoms with E-state index in [1.54, 1.807) is 0 Å². The first-order chi connectivity index (χ1) is 8.21. The van der Waals surface area contributed by atoms with E-state index in [1.807, 2.05) is 0 Å². The molecule has 0 radical (unpaired) electrons. The molecule has 0 saturated heterocycles. The Morgan fingerprint density at radius 2 is 1.88 bits per heavy atom. The van der Waals surface area contributed by atoms with E-state index in [1.165, 1.54) is 51.7 Å². The lowest BCUT2D eigenvalue weighted by Gasteiger charge is -2.24. The molecule has 0 bridgehead atoms. The van der Waals surface area contributed by atoms with Gasteiger partial charge >= 0.3 is 0 Å². The van der Waals surface area contributed by atoms with Crippen molar-refractivity contribution in [2.24, 2.45) is 5.92 Å². The van der Waals surface area contributed by atoms with E-state index < -0.39 is 0 Å². The number of nitrogens with zero attached hydrogens (tertiary/aromatic N) is 1. The van der Waals surface area contributed by atoms with Gasteiger partial charge in [-0.2, -0.15) is 0 Å². The second-order valence-corrected chi connectivity index (χ2v) is 5.67. The molecule has 1 fully saturated rings. The molecule has 0 heterocycles. The molecular weight excluding hydrogens is 208 g/mol. The fourth-order valence-corrected chi connectivity index (χ4v) is 2.50. The predicted octanol–water partition coefficient (Wildman–Crippen LogP) is 3.28. The highest BCUT2D eigenvalue weighted by atomic mass is 15.2. The third kappa shape index (κ3) is 5.87. The van der Waals surface area contributed by atoms with Crippen molar-refractivity contribution in [1.82, 2.24) is 10.2 Å². The summed E-state index contributed by atoms with van der Waals surface area (Å²) in [5.74, 6) is 0.859. The van der Waals surface area contributed by atoms with Crippen molar-refractivity contribution >= 4 is 0 Å². The van der Waals surface area contributed by atoms with E-state index >= 15 is 0 Å². The van der Waals surface area contributed by atoms with Gasteiger partial charge in [0.25, 0.3) is 0 Å². The van der Waals surface area contributed by atoms with Crippen LogP contribution in [0.1, 0.15) is 59.8 Å². The Morgan fingerprint density at radius 1 is 1.18 bits per heavy atom. The minimum Gasteiger partial charge on any atom is -0.313 e. The molecule has 0 aromatic carbocycles. The molecule has 1 aliphatic rings. The zero-order chi connectivity index (χ0) is 12.7. The molecule has 2 nitrogen and oxygen atoms in total. The number of rotatable bonds is 10. The average Bonchev–Trinajstić information content (AvgIpc) is 3.17. The van der Waals surface area contributed by atoms with E-state index in [4.69, 9.17) is 0 Å². The number of nitrogens with one attached hydrogen (secondary N) is 1. The highest BCUT2D eigenvalue weighted by Crippen LogP contribution is 2.25. The van der Waals surface area contributed by atoms with Crippen molar-refractivity contribution in [2.75, 3.05) is 19.6 Å². The average molecular weight is 240 g/mol. The van der Waals surface area contributed by atoms with E-state index in [0.717, 1.165) is 18.0 Å². The van der Waals surface area contributed by atoms with Crippen LogP contribution in [0.25, 0.3) is 0 Å². The summed E-state index contributed by atoms with van der Waals surface area (Å²) in [4.78, 5) is 2.63. The van der Waals surface area contributed by atoms with Crippen LogP contribution in [0.15, 0.2) is 0 Å². The Morgan fingerprint density at radius 3 is 2.35 bits per heavy atom. The van der Waals surface area contributed by atoms with Crippen LogP contribution in [0.5, 0.6) is 0 Å². The maximum absolute atomic E-state index is 3.74. The molecule has 2 atom stereocenters. The van der Waals surface area contributed by atoms with Crippen molar-refractivity contribution in [3.8, 4) is 0 Å². The number of hydrogen-bond donors (Lipinski definition) is 1. The lowest BCUT2D eigenvalue weighted by Crippen LogP contribution is -2.38. The van der Waals surface area contributed by atoms with Gasteiger partial charge in [-0.1, -0.05) is 34.1 Å². The lowest BCUT2D eigenvalue weighted by molar-refractivity contribution is 0.266. The molecule has 1 aliphatic carbocycles. The van der Waals surface area contributed by atoms with E-state index in [2.05, 4.69) is 37.9 Å². The van der Waals surface area contributed by atoms with Crippen LogP contribution in [0.3, 0.4) is 0 Å². The van der Waals surface area contributed by atoms with Crippen LogP contribution < -0.4 is 5.32 Å². The van der Waals surface area contributed by atoms with Crippen LogP contribution in [0.4, 0.5) is 0 Å². The van der Waals surface area contributed by atoms with Gasteiger partial charge in [0.2, 0.25) is 0 Å². The Bertz CT molecular complexity index is 189. The van der Waals surface area contributed by atoms with Crippen LogP contribution in [-0.2, 0) is 0 Å². The molecule has 2 heteroatoms. The Balaban J connectivity index is 2.13. The molecule has 17 heavy (non-hydrogen) atoms. The fourth-order valence-electron chi connectivity index (χ4n) is 2.50. The molecule has 0 aliphatic heterocycles. The zero-order valence-corrected chi connectivity index (χ0v) is 12.3. The van der Waals surface area contributed by atoms with Gasteiger partial charge in [-0.05, 0) is 38.1 Å². The first-order valence-corrected chi connectivity index (χ1v) is 7.68.